The molecule has 0 rings (SSSR count). The topological polar surface area (TPSA) is 132 Å². The lowest BCUT2D eigenvalue weighted by molar-refractivity contribution is -0.154. The second kappa shape index (κ2) is 52.0. The van der Waals surface area contributed by atoms with Crippen LogP contribution in [0.1, 0.15) is 219 Å². The zero-order valence-corrected chi connectivity index (χ0v) is 43.0. The first-order valence-corrected chi connectivity index (χ1v) is 28.1. The third-order valence-electron chi connectivity index (χ3n) is 11.1. The van der Waals surface area contributed by atoms with E-state index in [0.29, 0.717) is 13.0 Å². The molecule has 0 saturated carbocycles. The van der Waals surface area contributed by atoms with Crippen LogP contribution in [0.15, 0.2) is 85.1 Å². The Labute approximate surface area is 405 Å². The first-order chi connectivity index (χ1) is 32.3. The summed E-state index contributed by atoms with van der Waals surface area (Å²) >= 11 is 0. The summed E-state index contributed by atoms with van der Waals surface area (Å²) < 4.78 is 33.5. The second-order valence-electron chi connectivity index (χ2n) is 17.5. The summed E-state index contributed by atoms with van der Waals surface area (Å²) in [7, 11) is -4.54. The Balaban J connectivity index is 4.11. The monoisotopic (exact) mass is 947 g/mol. The minimum absolute atomic E-state index is 0.0362. The Kier molecular flexibility index (Phi) is 50.2. The fourth-order valence-corrected chi connectivity index (χ4v) is 7.85. The standard InChI is InChI=1S/C56H99O9P/c1-3-5-7-9-11-13-15-17-19-21-23-25-26-27-29-31-33-35-37-39-41-43-45-47-49-62-52-55(53-64-66(60,61)63-51-54(58)50-57)65-56(59)48-46-44-42-40-38-36-34-32-30-28-24-22-20-18-16-14-12-10-8-6-4-2/h6,8,12,14-15,17-18,20-21,23-24,28,32,34,54-55,57-58H,3-5,7,9-11,13,16,19,22,25-27,29-31,33,35-53H2,1-2H3,(H,60,61)/b8-6-,14-12-,17-15-,20-18-,23-21-,28-24-,34-32-. The molecule has 0 aliphatic heterocycles. The van der Waals surface area contributed by atoms with Gasteiger partial charge in [-0.15, -0.1) is 0 Å². The van der Waals surface area contributed by atoms with Crippen molar-refractivity contribution < 1.29 is 43.0 Å². The van der Waals surface area contributed by atoms with Gasteiger partial charge in [-0.3, -0.25) is 13.8 Å². The number of hydrogen-bond acceptors (Lipinski definition) is 8. The molecule has 0 aliphatic rings. The highest BCUT2D eigenvalue weighted by molar-refractivity contribution is 7.47. The summed E-state index contributed by atoms with van der Waals surface area (Å²) in [5, 5.41) is 18.4. The number of unbranched alkanes of at least 4 members (excludes halogenated alkanes) is 22. The van der Waals surface area contributed by atoms with Gasteiger partial charge in [-0.05, 0) is 89.9 Å². The van der Waals surface area contributed by atoms with E-state index in [1.807, 2.05) is 0 Å². The molecule has 0 aromatic rings. The van der Waals surface area contributed by atoms with Crippen molar-refractivity contribution >= 4 is 13.8 Å². The molecular formula is C56H99O9P. The zero-order valence-electron chi connectivity index (χ0n) is 42.1. The van der Waals surface area contributed by atoms with Gasteiger partial charge in [0.05, 0.1) is 26.4 Å². The average Bonchev–Trinajstić information content (AvgIpc) is 3.31. The van der Waals surface area contributed by atoms with Crippen molar-refractivity contribution in [2.24, 2.45) is 0 Å². The van der Waals surface area contributed by atoms with E-state index >= 15 is 0 Å². The summed E-state index contributed by atoms with van der Waals surface area (Å²) in [5.74, 6) is -0.402. The smallest absolute Gasteiger partial charge is 0.457 e. The number of phosphoric ester groups is 1. The first kappa shape index (κ1) is 63.6. The van der Waals surface area contributed by atoms with Gasteiger partial charge in [0.15, 0.2) is 0 Å². The molecule has 382 valence electrons. The molecule has 66 heavy (non-hydrogen) atoms. The first-order valence-electron chi connectivity index (χ1n) is 26.6. The van der Waals surface area contributed by atoms with Crippen LogP contribution in [0.5, 0.6) is 0 Å². The minimum Gasteiger partial charge on any atom is -0.457 e. The van der Waals surface area contributed by atoms with Gasteiger partial charge in [0.25, 0.3) is 0 Å². The summed E-state index contributed by atoms with van der Waals surface area (Å²) in [4.78, 5) is 22.7. The lowest BCUT2D eigenvalue weighted by atomic mass is 10.0. The van der Waals surface area contributed by atoms with Crippen LogP contribution in [0.25, 0.3) is 0 Å². The second-order valence-corrected chi connectivity index (χ2v) is 19.0. The number of rotatable bonds is 50. The van der Waals surface area contributed by atoms with Crippen LogP contribution in [-0.4, -0.2) is 66.3 Å². The van der Waals surface area contributed by atoms with Crippen molar-refractivity contribution in [3.8, 4) is 0 Å². The fourth-order valence-electron chi connectivity index (χ4n) is 7.06. The molecule has 3 atom stereocenters. The predicted molar refractivity (Wildman–Crippen MR) is 279 cm³/mol. The molecule has 0 bridgehead atoms. The predicted octanol–water partition coefficient (Wildman–Crippen LogP) is 15.8. The molecule has 0 saturated heterocycles. The Morgan fingerprint density at radius 2 is 0.864 bits per heavy atom. The maximum absolute atomic E-state index is 12.7. The van der Waals surface area contributed by atoms with Gasteiger partial charge in [0, 0.05) is 13.0 Å². The van der Waals surface area contributed by atoms with E-state index in [0.717, 1.165) is 89.9 Å². The summed E-state index contributed by atoms with van der Waals surface area (Å²) in [6.45, 7) is 3.37. The van der Waals surface area contributed by atoms with Gasteiger partial charge < -0.3 is 24.6 Å². The van der Waals surface area contributed by atoms with Gasteiger partial charge in [0.2, 0.25) is 0 Å². The molecule has 3 unspecified atom stereocenters. The molecule has 0 spiro atoms. The molecule has 9 nitrogen and oxygen atoms in total. The molecule has 0 aromatic carbocycles. The van der Waals surface area contributed by atoms with E-state index in [1.54, 1.807) is 0 Å². The maximum Gasteiger partial charge on any atom is 0.472 e. The molecule has 0 aromatic heterocycles. The highest BCUT2D eigenvalue weighted by Gasteiger charge is 2.26. The van der Waals surface area contributed by atoms with Crippen LogP contribution in [0.4, 0.5) is 0 Å². The number of allylic oxidation sites excluding steroid dienone is 14. The normalized spacial score (nSPS) is 14.4. The highest BCUT2D eigenvalue weighted by atomic mass is 31.2. The Morgan fingerprint density at radius 3 is 1.30 bits per heavy atom. The molecule has 0 amide bonds. The van der Waals surface area contributed by atoms with Crippen molar-refractivity contribution in [1.82, 2.24) is 0 Å². The van der Waals surface area contributed by atoms with Crippen LogP contribution in [-0.2, 0) is 27.9 Å². The van der Waals surface area contributed by atoms with E-state index < -0.39 is 39.2 Å². The molecule has 0 heterocycles. The van der Waals surface area contributed by atoms with E-state index in [2.05, 4.69) is 98.9 Å². The van der Waals surface area contributed by atoms with Gasteiger partial charge in [-0.2, -0.15) is 0 Å². The lowest BCUT2D eigenvalue weighted by Gasteiger charge is -2.20. The van der Waals surface area contributed by atoms with Crippen LogP contribution >= 0.6 is 7.82 Å². The van der Waals surface area contributed by atoms with E-state index in [9.17, 15) is 19.4 Å². The van der Waals surface area contributed by atoms with Gasteiger partial charge in [0.1, 0.15) is 12.2 Å². The Hall–Kier alpha value is -2.36. The maximum atomic E-state index is 12.7. The van der Waals surface area contributed by atoms with Gasteiger partial charge in [-0.1, -0.05) is 208 Å². The molecule has 0 aliphatic carbocycles. The zero-order chi connectivity index (χ0) is 48.1. The van der Waals surface area contributed by atoms with Gasteiger partial charge >= 0.3 is 13.8 Å². The number of hydrogen-bond donors (Lipinski definition) is 3. The lowest BCUT2D eigenvalue weighted by Crippen LogP contribution is -2.29. The van der Waals surface area contributed by atoms with Crippen molar-refractivity contribution in [2.45, 2.75) is 232 Å². The Bertz CT molecular complexity index is 1300. The number of esters is 1. The third kappa shape index (κ3) is 51.0. The molecule has 0 fully saturated rings. The van der Waals surface area contributed by atoms with E-state index in [1.165, 1.54) is 103 Å². The van der Waals surface area contributed by atoms with Crippen LogP contribution in [0.3, 0.4) is 0 Å². The van der Waals surface area contributed by atoms with E-state index in [-0.39, 0.29) is 19.6 Å². The van der Waals surface area contributed by atoms with Crippen molar-refractivity contribution in [2.75, 3.05) is 33.0 Å². The Morgan fingerprint density at radius 1 is 0.485 bits per heavy atom. The van der Waals surface area contributed by atoms with Crippen molar-refractivity contribution in [3.05, 3.63) is 85.1 Å². The number of carbonyl (C=O) groups is 1. The summed E-state index contributed by atoms with van der Waals surface area (Å²) in [6.07, 6.45) is 65.5. The molecule has 0 radical (unpaired) electrons. The number of phosphoric acid groups is 1. The number of aliphatic hydroxyl groups is 2. The van der Waals surface area contributed by atoms with Crippen molar-refractivity contribution in [3.63, 3.8) is 0 Å². The van der Waals surface area contributed by atoms with Crippen LogP contribution in [0, 0.1) is 0 Å². The molecular weight excluding hydrogens is 848 g/mol. The number of carbonyl (C=O) groups excluding carboxylic acids is 1. The molecule has 3 N–H and O–H groups in total. The SMILES string of the molecule is CC/C=C\C/C=C\C/C=C\C/C=C\C/C=C\CCCCCCCC(=O)OC(COCCCCCCCCCCCCCC/C=C\C/C=C\CCCCCCC)COP(=O)(O)OCC(O)CO. The third-order valence-corrected chi connectivity index (χ3v) is 12.0. The largest absolute Gasteiger partial charge is 0.472 e. The average molecular weight is 947 g/mol. The quantitative estimate of drug-likeness (QED) is 0.0236. The van der Waals surface area contributed by atoms with E-state index in [4.69, 9.17) is 23.6 Å². The summed E-state index contributed by atoms with van der Waals surface area (Å²) in [5.41, 5.74) is 0. The van der Waals surface area contributed by atoms with Crippen LogP contribution in [0.2, 0.25) is 0 Å². The number of aliphatic hydroxyl groups excluding tert-OH is 2. The van der Waals surface area contributed by atoms with Crippen LogP contribution < -0.4 is 0 Å². The minimum atomic E-state index is -4.54. The molecule has 10 heteroatoms. The number of ether oxygens (including phenoxy) is 2. The highest BCUT2D eigenvalue weighted by Crippen LogP contribution is 2.43. The summed E-state index contributed by atoms with van der Waals surface area (Å²) in [6, 6.07) is 0. The van der Waals surface area contributed by atoms with Gasteiger partial charge in [-0.25, -0.2) is 4.57 Å². The van der Waals surface area contributed by atoms with Crippen molar-refractivity contribution in [1.29, 1.82) is 0 Å². The fraction of sp³-hybridized carbons (Fsp3) is 0.732.